The van der Waals surface area contributed by atoms with Crippen LogP contribution in [0.3, 0.4) is 0 Å². The van der Waals surface area contributed by atoms with Gasteiger partial charge in [-0.1, -0.05) is 0 Å². The number of hydrogen-bond acceptors (Lipinski definition) is 5. The quantitative estimate of drug-likeness (QED) is 0.797. The normalized spacial score (nSPS) is 17.3. The van der Waals surface area contributed by atoms with E-state index in [9.17, 15) is 5.11 Å². The molecule has 6 heteroatoms. The second-order valence-electron chi connectivity index (χ2n) is 4.39. The van der Waals surface area contributed by atoms with Gasteiger partial charge in [0.25, 0.3) is 0 Å². The topological polar surface area (TPSA) is 75.3 Å². The summed E-state index contributed by atoms with van der Waals surface area (Å²) in [5.41, 5.74) is 2.75. The van der Waals surface area contributed by atoms with Gasteiger partial charge in [-0.3, -0.25) is 0 Å². The highest BCUT2D eigenvalue weighted by molar-refractivity contribution is 5.73. The third-order valence-corrected chi connectivity index (χ3v) is 3.03. The molecule has 2 aromatic rings. The van der Waals surface area contributed by atoms with Crippen LogP contribution in [0.25, 0.3) is 0 Å². The van der Waals surface area contributed by atoms with E-state index in [0.717, 1.165) is 16.7 Å². The molecule has 1 atom stereocenters. The number of nitrogens with one attached hydrogen (secondary N) is 1. The summed E-state index contributed by atoms with van der Waals surface area (Å²) in [6.07, 6.45) is 3.34. The number of nitrogens with zero attached hydrogens (tertiary/aromatic N) is 4. The number of fused-ring (bicyclic) bond motifs is 1. The Kier molecular flexibility index (Phi) is 2.29. The summed E-state index contributed by atoms with van der Waals surface area (Å²) in [5, 5.41) is 24.9. The van der Waals surface area contributed by atoms with Crippen LogP contribution < -0.4 is 5.32 Å². The predicted octanol–water partition coefficient (Wildman–Crippen LogP) is 1.60. The Bertz CT molecular complexity index is 608. The molecule has 92 valence electrons. The van der Waals surface area contributed by atoms with Crippen LogP contribution in [-0.4, -0.2) is 26.2 Å². The number of aromatic hydroxyl groups is 1. The zero-order chi connectivity index (χ0) is 12.7. The molecule has 1 aromatic carbocycles. The van der Waals surface area contributed by atoms with Crippen molar-refractivity contribution in [1.29, 1.82) is 0 Å². The third kappa shape index (κ3) is 1.62. The maximum Gasteiger partial charge on any atom is 0.246 e. The number of aromatic nitrogens is 3. The van der Waals surface area contributed by atoms with Crippen LogP contribution in [0.4, 0.5) is 5.95 Å². The molecule has 0 saturated carbocycles. The Morgan fingerprint density at radius 2 is 2.00 bits per heavy atom. The van der Waals surface area contributed by atoms with Crippen molar-refractivity contribution in [2.75, 3.05) is 5.32 Å². The summed E-state index contributed by atoms with van der Waals surface area (Å²) in [6.45, 7) is 3.77. The third-order valence-electron chi connectivity index (χ3n) is 3.03. The molecule has 0 radical (unpaired) electrons. The number of rotatable bonds is 1. The second-order valence-corrected chi connectivity index (χ2v) is 4.39. The zero-order valence-electron chi connectivity index (χ0n) is 10.1. The number of benzene rings is 1. The van der Waals surface area contributed by atoms with Crippen LogP contribution in [0, 0.1) is 13.8 Å². The van der Waals surface area contributed by atoms with E-state index in [1.807, 2.05) is 26.0 Å². The summed E-state index contributed by atoms with van der Waals surface area (Å²) in [4.78, 5) is 0. The van der Waals surface area contributed by atoms with Gasteiger partial charge in [0.1, 0.15) is 12.1 Å². The first kappa shape index (κ1) is 10.8. The standard InChI is InChI=1S/C12H13N5O/c1-7-3-9(4-8(2)11(7)18)10-5-14-17-6-13-16-12(17)15-10/h3-6,10,18H,1-2H3,(H,15,16). The van der Waals surface area contributed by atoms with Gasteiger partial charge in [-0.2, -0.15) is 9.78 Å². The first-order chi connectivity index (χ1) is 8.65. The summed E-state index contributed by atoms with van der Waals surface area (Å²) < 4.78 is 1.58. The number of phenols is 1. The minimum atomic E-state index is -0.0558. The first-order valence-corrected chi connectivity index (χ1v) is 5.66. The molecule has 0 spiro atoms. The van der Waals surface area contributed by atoms with Crippen molar-refractivity contribution in [3.05, 3.63) is 35.2 Å². The molecular formula is C12H13N5O. The lowest BCUT2D eigenvalue weighted by Crippen LogP contribution is -2.19. The molecule has 6 nitrogen and oxygen atoms in total. The van der Waals surface area contributed by atoms with Gasteiger partial charge >= 0.3 is 0 Å². The minimum Gasteiger partial charge on any atom is -0.507 e. The Labute approximate surface area is 104 Å². The zero-order valence-corrected chi connectivity index (χ0v) is 10.1. The van der Waals surface area contributed by atoms with Gasteiger partial charge < -0.3 is 10.4 Å². The van der Waals surface area contributed by atoms with Crippen molar-refractivity contribution in [3.63, 3.8) is 0 Å². The highest BCUT2D eigenvalue weighted by Crippen LogP contribution is 2.28. The molecule has 18 heavy (non-hydrogen) atoms. The summed E-state index contributed by atoms with van der Waals surface area (Å²) >= 11 is 0. The average molecular weight is 243 g/mol. The Morgan fingerprint density at radius 1 is 1.28 bits per heavy atom. The molecule has 0 aliphatic carbocycles. The molecule has 2 heterocycles. The summed E-state index contributed by atoms with van der Waals surface area (Å²) in [6, 6.07) is 3.83. The lowest BCUT2D eigenvalue weighted by molar-refractivity contribution is 0.466. The average Bonchev–Trinajstić information content (AvgIpc) is 2.82. The van der Waals surface area contributed by atoms with E-state index in [4.69, 9.17) is 0 Å². The maximum absolute atomic E-state index is 9.77. The fraction of sp³-hybridized carbons (Fsp3) is 0.250. The van der Waals surface area contributed by atoms with E-state index in [1.165, 1.54) is 0 Å². The lowest BCUT2D eigenvalue weighted by Gasteiger charge is -2.20. The van der Waals surface area contributed by atoms with Crippen LogP contribution >= 0.6 is 0 Å². The lowest BCUT2D eigenvalue weighted by atomic mass is 10.0. The molecular weight excluding hydrogens is 230 g/mol. The fourth-order valence-corrected chi connectivity index (χ4v) is 2.06. The second kappa shape index (κ2) is 3.83. The van der Waals surface area contributed by atoms with Crippen molar-refractivity contribution in [1.82, 2.24) is 14.9 Å². The Hall–Kier alpha value is -2.37. The van der Waals surface area contributed by atoms with Crippen LogP contribution in [0.5, 0.6) is 5.75 Å². The SMILES string of the molecule is Cc1cc(C2C=Nn3cnnc3N2)cc(C)c1O. The fourth-order valence-electron chi connectivity index (χ4n) is 2.06. The smallest absolute Gasteiger partial charge is 0.246 e. The van der Waals surface area contributed by atoms with Crippen molar-refractivity contribution < 1.29 is 5.11 Å². The van der Waals surface area contributed by atoms with Crippen LogP contribution in [0.2, 0.25) is 0 Å². The van der Waals surface area contributed by atoms with E-state index < -0.39 is 0 Å². The Balaban J connectivity index is 1.98. The highest BCUT2D eigenvalue weighted by atomic mass is 16.3. The molecule has 1 unspecified atom stereocenters. The van der Waals surface area contributed by atoms with Gasteiger partial charge in [-0.05, 0) is 42.7 Å². The molecule has 0 fully saturated rings. The van der Waals surface area contributed by atoms with Crippen LogP contribution in [0.15, 0.2) is 23.6 Å². The van der Waals surface area contributed by atoms with E-state index in [-0.39, 0.29) is 6.04 Å². The van der Waals surface area contributed by atoms with E-state index >= 15 is 0 Å². The van der Waals surface area contributed by atoms with E-state index in [2.05, 4.69) is 20.6 Å². The predicted molar refractivity (Wildman–Crippen MR) is 67.9 cm³/mol. The van der Waals surface area contributed by atoms with Crippen molar-refractivity contribution >= 4 is 12.2 Å². The molecule has 2 N–H and O–H groups in total. The molecule has 0 amide bonds. The van der Waals surface area contributed by atoms with Gasteiger partial charge in [-0.15, -0.1) is 10.2 Å². The van der Waals surface area contributed by atoms with Crippen LogP contribution in [-0.2, 0) is 0 Å². The molecule has 1 aliphatic heterocycles. The largest absolute Gasteiger partial charge is 0.507 e. The Morgan fingerprint density at radius 3 is 2.72 bits per heavy atom. The number of anilines is 1. The molecule has 3 rings (SSSR count). The monoisotopic (exact) mass is 243 g/mol. The highest BCUT2D eigenvalue weighted by Gasteiger charge is 2.18. The van der Waals surface area contributed by atoms with Crippen LogP contribution in [0.1, 0.15) is 22.7 Å². The first-order valence-electron chi connectivity index (χ1n) is 5.66. The minimum absolute atomic E-state index is 0.0558. The van der Waals surface area contributed by atoms with Gasteiger partial charge in [0.2, 0.25) is 5.95 Å². The van der Waals surface area contributed by atoms with Crippen molar-refractivity contribution in [2.45, 2.75) is 19.9 Å². The summed E-state index contributed by atoms with van der Waals surface area (Å²) in [5.74, 6) is 0.959. The molecule has 1 aliphatic rings. The number of hydrogen-bond donors (Lipinski definition) is 2. The van der Waals surface area contributed by atoms with Gasteiger partial charge in [0, 0.05) is 0 Å². The molecule has 0 saturated heterocycles. The van der Waals surface area contributed by atoms with Gasteiger partial charge in [-0.25, -0.2) is 0 Å². The van der Waals surface area contributed by atoms with E-state index in [1.54, 1.807) is 17.2 Å². The van der Waals surface area contributed by atoms with Crippen molar-refractivity contribution in [3.8, 4) is 5.75 Å². The number of aryl methyl sites for hydroxylation is 2. The molecule has 1 aromatic heterocycles. The van der Waals surface area contributed by atoms with Gasteiger partial charge in [0.05, 0.1) is 12.3 Å². The van der Waals surface area contributed by atoms with Gasteiger partial charge in [0.15, 0.2) is 0 Å². The van der Waals surface area contributed by atoms with Crippen molar-refractivity contribution in [2.24, 2.45) is 5.10 Å². The molecule has 0 bridgehead atoms. The summed E-state index contributed by atoms with van der Waals surface area (Å²) in [7, 11) is 0. The maximum atomic E-state index is 9.77. The number of phenolic OH excluding ortho intramolecular Hbond substituents is 1. The van der Waals surface area contributed by atoms with E-state index in [0.29, 0.717) is 11.7 Å².